The lowest BCUT2D eigenvalue weighted by Gasteiger charge is -2.07. The molecule has 0 aliphatic heterocycles. The summed E-state index contributed by atoms with van der Waals surface area (Å²) in [6, 6.07) is 0. The second-order valence-corrected chi connectivity index (χ2v) is 7.61. The van der Waals surface area contributed by atoms with E-state index < -0.39 is 6.95 Å². The summed E-state index contributed by atoms with van der Waals surface area (Å²) < 4.78 is 21.6. The maximum absolute atomic E-state index is 11.7. The van der Waals surface area contributed by atoms with Crippen molar-refractivity contribution in [2.24, 2.45) is 0 Å². The smallest absolute Gasteiger partial charge is 0.413 e. The molecule has 0 aliphatic carbocycles. The molecule has 0 radical (unpaired) electrons. The van der Waals surface area contributed by atoms with Crippen LogP contribution in [0.4, 0.5) is 0 Å². The average Bonchev–Trinajstić information content (AvgIpc) is 2.45. The molecule has 0 aromatic carbocycles. The Morgan fingerprint density at radius 3 is 1.62 bits per heavy atom. The standard InChI is InChI=1S/C16H30ClO3P/c1-3-5-7-9-11-13-15-19-21(17,18)20-16-14-12-10-8-6-4-2/h13-16H,3-12H2,1-2H3/b15-13+,16-14+. The van der Waals surface area contributed by atoms with Crippen molar-refractivity contribution in [2.75, 3.05) is 0 Å². The van der Waals surface area contributed by atoms with Crippen molar-refractivity contribution in [3.63, 3.8) is 0 Å². The van der Waals surface area contributed by atoms with E-state index in [0.29, 0.717) is 0 Å². The monoisotopic (exact) mass is 336 g/mol. The van der Waals surface area contributed by atoms with Gasteiger partial charge in [0, 0.05) is 11.2 Å². The van der Waals surface area contributed by atoms with Crippen LogP contribution in [0.3, 0.4) is 0 Å². The number of hydrogen-bond acceptors (Lipinski definition) is 3. The average molecular weight is 337 g/mol. The van der Waals surface area contributed by atoms with Gasteiger partial charge in [0.2, 0.25) is 0 Å². The van der Waals surface area contributed by atoms with Crippen LogP contribution >= 0.6 is 18.2 Å². The zero-order valence-electron chi connectivity index (χ0n) is 13.4. The van der Waals surface area contributed by atoms with Gasteiger partial charge in [-0.05, 0) is 37.8 Å². The van der Waals surface area contributed by atoms with Gasteiger partial charge in [-0.15, -0.1) is 0 Å². The van der Waals surface area contributed by atoms with E-state index in [2.05, 4.69) is 13.8 Å². The van der Waals surface area contributed by atoms with Crippen molar-refractivity contribution in [2.45, 2.75) is 78.1 Å². The summed E-state index contributed by atoms with van der Waals surface area (Å²) in [7, 11) is 0. The zero-order valence-corrected chi connectivity index (χ0v) is 15.1. The minimum Gasteiger partial charge on any atom is -0.413 e. The maximum atomic E-state index is 11.7. The van der Waals surface area contributed by atoms with E-state index >= 15 is 0 Å². The number of allylic oxidation sites excluding steroid dienone is 2. The molecule has 0 saturated carbocycles. The van der Waals surface area contributed by atoms with Crippen LogP contribution in [0.2, 0.25) is 0 Å². The molecule has 0 unspecified atom stereocenters. The van der Waals surface area contributed by atoms with E-state index in [1.165, 1.54) is 51.0 Å². The summed E-state index contributed by atoms with van der Waals surface area (Å²) in [5.74, 6) is 0. The predicted molar refractivity (Wildman–Crippen MR) is 91.4 cm³/mol. The topological polar surface area (TPSA) is 35.5 Å². The minimum atomic E-state index is -3.52. The lowest BCUT2D eigenvalue weighted by molar-refractivity contribution is 0.345. The van der Waals surface area contributed by atoms with Crippen LogP contribution in [-0.2, 0) is 13.6 Å². The highest BCUT2D eigenvalue weighted by molar-refractivity contribution is 7.81. The van der Waals surface area contributed by atoms with Crippen LogP contribution in [0.15, 0.2) is 24.7 Å². The van der Waals surface area contributed by atoms with Crippen LogP contribution in [0.25, 0.3) is 0 Å². The fraction of sp³-hybridized carbons (Fsp3) is 0.750. The Kier molecular flexibility index (Phi) is 14.3. The molecule has 5 heteroatoms. The second-order valence-electron chi connectivity index (χ2n) is 5.08. The number of halogens is 1. The Bertz CT molecular complexity index is 301. The highest BCUT2D eigenvalue weighted by Gasteiger charge is 2.19. The Hall–Kier alpha value is -0.400. The molecule has 0 aromatic rings. The molecule has 3 nitrogen and oxygen atoms in total. The highest BCUT2D eigenvalue weighted by Crippen LogP contribution is 2.54. The first-order valence-corrected chi connectivity index (χ1v) is 10.5. The molecule has 0 atom stereocenters. The molecule has 0 rings (SSSR count). The molecule has 0 fully saturated rings. The van der Waals surface area contributed by atoms with Gasteiger partial charge in [-0.2, -0.15) is 0 Å². The fourth-order valence-corrected chi connectivity index (χ4v) is 2.56. The van der Waals surface area contributed by atoms with Crippen molar-refractivity contribution in [3.05, 3.63) is 24.7 Å². The first-order valence-electron chi connectivity index (χ1n) is 8.09. The van der Waals surface area contributed by atoms with Crippen molar-refractivity contribution in [3.8, 4) is 0 Å². The largest absolute Gasteiger partial charge is 0.529 e. The summed E-state index contributed by atoms with van der Waals surface area (Å²) in [6.07, 6.45) is 17.8. The highest BCUT2D eigenvalue weighted by atomic mass is 35.7. The van der Waals surface area contributed by atoms with Crippen molar-refractivity contribution < 1.29 is 13.6 Å². The molecule has 0 bridgehead atoms. The normalized spacial score (nSPS) is 12.3. The lowest BCUT2D eigenvalue weighted by atomic mass is 10.2. The first kappa shape index (κ1) is 20.6. The molecule has 0 saturated heterocycles. The summed E-state index contributed by atoms with van der Waals surface area (Å²) in [4.78, 5) is 0. The van der Waals surface area contributed by atoms with E-state index in [9.17, 15) is 4.57 Å². The third-order valence-corrected chi connectivity index (χ3v) is 4.24. The van der Waals surface area contributed by atoms with Gasteiger partial charge in [-0.25, -0.2) is 4.57 Å². The van der Waals surface area contributed by atoms with Crippen LogP contribution < -0.4 is 0 Å². The maximum Gasteiger partial charge on any atom is 0.529 e. The van der Waals surface area contributed by atoms with Gasteiger partial charge >= 0.3 is 6.95 Å². The number of unbranched alkanes of at least 4 members (excludes halogenated alkanes) is 8. The van der Waals surface area contributed by atoms with E-state index in [1.54, 1.807) is 0 Å². The SMILES string of the molecule is CCCCCC/C=C/OP(=O)(Cl)O/C=C/CCCCCC. The minimum absolute atomic E-state index is 0.907. The predicted octanol–water partition coefficient (Wildman–Crippen LogP) is 7.33. The van der Waals surface area contributed by atoms with Crippen LogP contribution in [-0.4, -0.2) is 0 Å². The molecular weight excluding hydrogens is 307 g/mol. The molecule has 0 aromatic heterocycles. The Labute approximate surface area is 135 Å². The molecule has 21 heavy (non-hydrogen) atoms. The molecule has 124 valence electrons. The summed E-state index contributed by atoms with van der Waals surface area (Å²) in [5.41, 5.74) is 0. The summed E-state index contributed by atoms with van der Waals surface area (Å²) in [5, 5.41) is 0. The molecule has 0 amide bonds. The molecule has 0 aliphatic rings. The molecule has 0 spiro atoms. The van der Waals surface area contributed by atoms with Gasteiger partial charge in [0.05, 0.1) is 12.5 Å². The lowest BCUT2D eigenvalue weighted by Crippen LogP contribution is -1.79. The van der Waals surface area contributed by atoms with Gasteiger partial charge in [0.1, 0.15) is 0 Å². The number of hydrogen-bond donors (Lipinski definition) is 0. The van der Waals surface area contributed by atoms with Gasteiger partial charge in [-0.3, -0.25) is 0 Å². The fourth-order valence-electron chi connectivity index (χ4n) is 1.77. The Morgan fingerprint density at radius 2 is 1.24 bits per heavy atom. The first-order chi connectivity index (χ1) is 10.1. The molecular formula is C16H30ClO3P. The quantitative estimate of drug-likeness (QED) is 0.189. The van der Waals surface area contributed by atoms with Crippen LogP contribution in [0.5, 0.6) is 0 Å². The van der Waals surface area contributed by atoms with Gasteiger partial charge in [0.15, 0.2) is 0 Å². The third-order valence-electron chi connectivity index (χ3n) is 3.01. The Balaban J connectivity index is 3.65. The van der Waals surface area contributed by atoms with E-state index in [-0.39, 0.29) is 0 Å². The van der Waals surface area contributed by atoms with E-state index in [0.717, 1.165) is 25.7 Å². The summed E-state index contributed by atoms with van der Waals surface area (Å²) in [6.45, 7) is 0.839. The van der Waals surface area contributed by atoms with Crippen LogP contribution in [0.1, 0.15) is 78.1 Å². The van der Waals surface area contributed by atoms with Crippen LogP contribution in [0, 0.1) is 0 Å². The molecule has 0 N–H and O–H groups in total. The molecule has 0 heterocycles. The van der Waals surface area contributed by atoms with Crippen molar-refractivity contribution >= 4 is 18.2 Å². The van der Waals surface area contributed by atoms with Gasteiger partial charge < -0.3 is 9.05 Å². The van der Waals surface area contributed by atoms with Crippen molar-refractivity contribution in [1.82, 2.24) is 0 Å². The van der Waals surface area contributed by atoms with Crippen molar-refractivity contribution in [1.29, 1.82) is 0 Å². The zero-order chi connectivity index (χ0) is 15.8. The van der Waals surface area contributed by atoms with E-state index in [4.69, 9.17) is 20.3 Å². The van der Waals surface area contributed by atoms with Gasteiger partial charge in [0.25, 0.3) is 0 Å². The summed E-state index contributed by atoms with van der Waals surface area (Å²) >= 11 is 5.67. The second kappa shape index (κ2) is 14.5. The third kappa shape index (κ3) is 15.8. The number of rotatable bonds is 14. The van der Waals surface area contributed by atoms with Gasteiger partial charge in [-0.1, -0.05) is 52.4 Å². The Morgan fingerprint density at radius 1 is 0.810 bits per heavy atom. The van der Waals surface area contributed by atoms with E-state index in [1.807, 2.05) is 12.2 Å².